The molecular formula is C74H118Br2O2S4. The Morgan fingerprint density at radius 3 is 0.890 bits per heavy atom. The van der Waals surface area contributed by atoms with Crippen molar-refractivity contribution in [1.29, 1.82) is 0 Å². The van der Waals surface area contributed by atoms with Crippen LogP contribution in [-0.2, 0) is 25.7 Å². The fourth-order valence-electron chi connectivity index (χ4n) is 13.4. The van der Waals surface area contributed by atoms with Crippen LogP contribution in [0, 0.1) is 23.7 Å². The molecule has 0 saturated carbocycles. The predicted molar refractivity (Wildman–Crippen MR) is 376 cm³/mol. The number of halogens is 2. The minimum atomic E-state index is 0.119. The fraction of sp³-hybridized carbons (Fsp3) is 0.757. The van der Waals surface area contributed by atoms with E-state index in [0.29, 0.717) is 34.8 Å². The third kappa shape index (κ3) is 23.6. The van der Waals surface area contributed by atoms with Crippen molar-refractivity contribution in [2.45, 2.75) is 338 Å². The van der Waals surface area contributed by atoms with Crippen molar-refractivity contribution in [3.05, 3.63) is 62.8 Å². The highest BCUT2D eigenvalue weighted by atomic mass is 79.9. The van der Waals surface area contributed by atoms with E-state index in [4.69, 9.17) is 0 Å². The lowest BCUT2D eigenvalue weighted by Crippen LogP contribution is -2.22. The normalized spacial score (nSPS) is 14.0. The molecule has 1 aliphatic carbocycles. The van der Waals surface area contributed by atoms with Crippen molar-refractivity contribution in [3.63, 3.8) is 0 Å². The number of carbonyl (C=O) groups excluding carboxylic acids is 2. The number of hydrogen-bond donors (Lipinski definition) is 0. The molecule has 4 aromatic rings. The molecule has 4 heterocycles. The molecule has 0 amide bonds. The Morgan fingerprint density at radius 2 is 0.598 bits per heavy atom. The van der Waals surface area contributed by atoms with Gasteiger partial charge in [0.15, 0.2) is 11.6 Å². The molecule has 0 radical (unpaired) electrons. The monoisotopic (exact) mass is 1320 g/mol. The number of rotatable bonds is 50. The van der Waals surface area contributed by atoms with Crippen LogP contribution in [0.15, 0.2) is 19.7 Å². The summed E-state index contributed by atoms with van der Waals surface area (Å²) >= 11 is 15.6. The van der Waals surface area contributed by atoms with Crippen LogP contribution in [0.3, 0.4) is 0 Å². The minimum absolute atomic E-state index is 0.119. The average Bonchev–Trinajstić information content (AvgIpc) is 2.32. The largest absolute Gasteiger partial charge is 0.288 e. The van der Waals surface area contributed by atoms with Crippen LogP contribution < -0.4 is 0 Å². The van der Waals surface area contributed by atoms with E-state index in [-0.39, 0.29) is 11.6 Å². The van der Waals surface area contributed by atoms with Gasteiger partial charge in [0.25, 0.3) is 0 Å². The number of thiophene rings is 4. The molecule has 4 atom stereocenters. The third-order valence-corrected chi connectivity index (χ3v) is 25.5. The van der Waals surface area contributed by atoms with Gasteiger partial charge in [-0.25, -0.2) is 0 Å². The number of carbonyl (C=O) groups is 2. The van der Waals surface area contributed by atoms with Gasteiger partial charge >= 0.3 is 0 Å². The lowest BCUT2D eigenvalue weighted by Gasteiger charge is -2.19. The molecule has 0 aromatic carbocycles. The summed E-state index contributed by atoms with van der Waals surface area (Å²) in [7, 11) is 0. The van der Waals surface area contributed by atoms with Crippen LogP contribution in [0.2, 0.25) is 0 Å². The standard InChI is InChI=1S/C74H118Br2O2S4/c1-9-17-23-27-31-33-37-41-47-57(45-39-35-29-25-19-11-3)49-59-53-63(80-73(59)75)71-67-68(70(78)66-62(52-56(16-8)44-22-14-6)79-61(65(66)69(67)77)51-55(15-7)43-21-13-5)72(82-71)64-54-60(74(76)81-64)50-58(46-40-36-30-26-20-12-4)48-42-38-34-32-28-24-18-10-2/h53-58H,9-52H2,1-8H3. The second kappa shape index (κ2) is 42.1. The van der Waals surface area contributed by atoms with Crippen molar-refractivity contribution in [2.24, 2.45) is 23.7 Å². The highest BCUT2D eigenvalue weighted by Gasteiger charge is 2.42. The van der Waals surface area contributed by atoms with Crippen LogP contribution in [-0.4, -0.2) is 11.6 Å². The first-order valence-corrected chi connectivity index (χ1v) is 39.9. The average molecular weight is 1330 g/mol. The van der Waals surface area contributed by atoms with Gasteiger partial charge in [-0.05, 0) is 104 Å². The van der Waals surface area contributed by atoms with Gasteiger partial charge in [0.2, 0.25) is 0 Å². The fourth-order valence-corrected chi connectivity index (χ4v) is 19.8. The van der Waals surface area contributed by atoms with Crippen LogP contribution >= 0.6 is 77.2 Å². The van der Waals surface area contributed by atoms with Crippen LogP contribution in [0.4, 0.5) is 0 Å². The number of ketones is 2. The van der Waals surface area contributed by atoms with Crippen LogP contribution in [0.1, 0.15) is 365 Å². The summed E-state index contributed by atoms with van der Waals surface area (Å²) in [5.41, 5.74) is 5.73. The Bertz CT molecular complexity index is 2200. The molecule has 0 bridgehead atoms. The smallest absolute Gasteiger partial charge is 0.197 e. The van der Waals surface area contributed by atoms with Gasteiger partial charge in [-0.1, -0.05) is 312 Å². The maximum absolute atomic E-state index is 16.1. The Balaban J connectivity index is 1.57. The van der Waals surface area contributed by atoms with Gasteiger partial charge in [0.1, 0.15) is 0 Å². The van der Waals surface area contributed by atoms with E-state index >= 15 is 9.59 Å². The maximum Gasteiger partial charge on any atom is 0.197 e. The first-order chi connectivity index (χ1) is 40.1. The third-order valence-electron chi connectivity index (χ3n) is 18.7. The summed E-state index contributed by atoms with van der Waals surface area (Å²) in [5.74, 6) is 2.56. The molecule has 0 saturated heterocycles. The Hall–Kier alpha value is -0.900. The number of hydrogen-bond acceptors (Lipinski definition) is 6. The van der Waals surface area contributed by atoms with Crippen molar-refractivity contribution in [1.82, 2.24) is 0 Å². The lowest BCUT2D eigenvalue weighted by molar-refractivity contribution is 0.0980. The summed E-state index contributed by atoms with van der Waals surface area (Å²) in [6, 6.07) is 4.90. The van der Waals surface area contributed by atoms with Crippen LogP contribution in [0.5, 0.6) is 0 Å². The molecule has 5 rings (SSSR count). The molecule has 4 unspecified atom stereocenters. The quantitative estimate of drug-likeness (QED) is 0.0364. The zero-order valence-electron chi connectivity index (χ0n) is 53.8. The lowest BCUT2D eigenvalue weighted by atomic mass is 9.81. The van der Waals surface area contributed by atoms with Gasteiger partial charge in [0.05, 0.1) is 28.5 Å². The van der Waals surface area contributed by atoms with E-state index in [0.717, 1.165) is 69.2 Å². The Kier molecular flexibility index (Phi) is 36.9. The molecule has 464 valence electrons. The SMILES string of the molecule is CCCCCCCCCCC(CCCCCCCC)Cc1cc(-c2sc(-c3cc(CC(CCCCCCCC)CCCCCCCCCC)c(Br)s3)c3c2C(=O)c2c(CC(CC)CCCC)sc(CC(CC)CCCC)c2C3=O)sc1Br. The summed E-state index contributed by atoms with van der Waals surface area (Å²) in [6.07, 6.45) is 56.2. The van der Waals surface area contributed by atoms with Gasteiger partial charge < -0.3 is 0 Å². The molecule has 0 aliphatic heterocycles. The summed E-state index contributed by atoms with van der Waals surface area (Å²) in [6.45, 7) is 18.5. The Labute approximate surface area is 537 Å². The summed E-state index contributed by atoms with van der Waals surface area (Å²) in [5, 5.41) is 0. The van der Waals surface area contributed by atoms with Gasteiger partial charge in [0, 0.05) is 30.6 Å². The second-order valence-electron chi connectivity index (χ2n) is 25.7. The zero-order valence-corrected chi connectivity index (χ0v) is 60.2. The molecule has 0 spiro atoms. The predicted octanol–water partition coefficient (Wildman–Crippen LogP) is 28.0. The molecule has 8 heteroatoms. The zero-order chi connectivity index (χ0) is 58.9. The van der Waals surface area contributed by atoms with E-state index < -0.39 is 0 Å². The molecule has 82 heavy (non-hydrogen) atoms. The molecular weight excluding hydrogens is 1210 g/mol. The first kappa shape index (κ1) is 71.8. The first-order valence-electron chi connectivity index (χ1n) is 35.0. The van der Waals surface area contributed by atoms with E-state index in [2.05, 4.69) is 99.4 Å². The summed E-state index contributed by atoms with van der Waals surface area (Å²) in [4.78, 5) is 39.0. The Morgan fingerprint density at radius 1 is 0.317 bits per heavy atom. The van der Waals surface area contributed by atoms with E-state index in [1.54, 1.807) is 11.3 Å². The second-order valence-corrected chi connectivity index (χ2v) is 32.7. The molecule has 0 fully saturated rings. The van der Waals surface area contributed by atoms with Crippen molar-refractivity contribution in [2.75, 3.05) is 0 Å². The highest BCUT2D eigenvalue weighted by molar-refractivity contribution is 9.11. The molecule has 4 aromatic heterocycles. The van der Waals surface area contributed by atoms with Gasteiger partial charge in [-0.2, -0.15) is 0 Å². The topological polar surface area (TPSA) is 34.1 Å². The summed E-state index contributed by atoms with van der Waals surface area (Å²) < 4.78 is 2.41. The van der Waals surface area contributed by atoms with Crippen molar-refractivity contribution < 1.29 is 9.59 Å². The van der Waals surface area contributed by atoms with Crippen LogP contribution in [0.25, 0.3) is 19.5 Å². The number of unbranched alkanes of at least 4 members (excludes halogenated alkanes) is 26. The van der Waals surface area contributed by atoms with Crippen molar-refractivity contribution >= 4 is 88.8 Å². The van der Waals surface area contributed by atoms with E-state index in [1.165, 1.54) is 272 Å². The number of fused-ring (bicyclic) bond motifs is 2. The van der Waals surface area contributed by atoms with Crippen molar-refractivity contribution in [3.8, 4) is 19.5 Å². The minimum Gasteiger partial charge on any atom is -0.288 e. The molecule has 1 aliphatic rings. The van der Waals surface area contributed by atoms with Gasteiger partial charge in [-0.15, -0.1) is 45.3 Å². The van der Waals surface area contributed by atoms with E-state index in [1.807, 2.05) is 34.0 Å². The maximum atomic E-state index is 16.1. The van der Waals surface area contributed by atoms with Gasteiger partial charge in [-0.3, -0.25) is 9.59 Å². The molecule has 0 N–H and O–H groups in total. The molecule has 2 nitrogen and oxygen atoms in total. The highest BCUT2D eigenvalue weighted by Crippen LogP contribution is 2.54. The van der Waals surface area contributed by atoms with E-state index in [9.17, 15) is 0 Å².